The van der Waals surface area contributed by atoms with Crippen LogP contribution in [-0.4, -0.2) is 30.6 Å². The van der Waals surface area contributed by atoms with Crippen LogP contribution in [0.2, 0.25) is 0 Å². The molecule has 0 aromatic carbocycles. The monoisotopic (exact) mass is 292 g/mol. The Hall–Kier alpha value is -1.42. The third-order valence-electron chi connectivity index (χ3n) is 4.34. The van der Waals surface area contributed by atoms with Gasteiger partial charge in [0.05, 0.1) is 6.10 Å². The molecule has 0 spiro atoms. The van der Waals surface area contributed by atoms with Crippen molar-refractivity contribution in [3.63, 3.8) is 0 Å². The zero-order valence-corrected chi connectivity index (χ0v) is 13.2. The molecule has 1 aliphatic heterocycles. The quantitative estimate of drug-likeness (QED) is 0.734. The van der Waals surface area contributed by atoms with Gasteiger partial charge in [-0.3, -0.25) is 4.79 Å². The van der Waals surface area contributed by atoms with Crippen LogP contribution < -0.4 is 0 Å². The first-order valence-electron chi connectivity index (χ1n) is 7.61. The average Bonchev–Trinajstić information content (AvgIpc) is 2.81. The van der Waals surface area contributed by atoms with Crippen molar-refractivity contribution >= 4 is 11.8 Å². The third kappa shape index (κ3) is 3.43. The second-order valence-corrected chi connectivity index (χ2v) is 6.40. The van der Waals surface area contributed by atoms with Crippen LogP contribution in [0, 0.1) is 11.3 Å². The van der Waals surface area contributed by atoms with Gasteiger partial charge in [-0.2, -0.15) is 0 Å². The maximum Gasteiger partial charge on any atom is 0.334 e. The second kappa shape index (κ2) is 6.14. The van der Waals surface area contributed by atoms with Crippen LogP contribution in [0.5, 0.6) is 0 Å². The standard InChI is InChI=1S/C17H24O4/c1-5-20-14-7-6-12-10-15(21-16(12)19)17(3,4)9-8-13(18)11(14)2/h8-11,14-15H,5-7H2,1-4H3/b9-8-/t11-,14+,15+/m1/s1. The van der Waals surface area contributed by atoms with E-state index in [1.54, 1.807) is 6.08 Å². The Balaban J connectivity index is 2.32. The number of fused-ring (bicyclic) bond motifs is 1. The summed E-state index contributed by atoms with van der Waals surface area (Å²) < 4.78 is 11.1. The fraction of sp³-hybridized carbons (Fsp3) is 0.647. The highest BCUT2D eigenvalue weighted by Gasteiger charge is 2.37. The summed E-state index contributed by atoms with van der Waals surface area (Å²) in [5.74, 6) is -0.378. The molecule has 2 rings (SSSR count). The Morgan fingerprint density at radius 2 is 2.10 bits per heavy atom. The number of hydrogen-bond donors (Lipinski definition) is 0. The molecule has 0 aromatic rings. The van der Waals surface area contributed by atoms with E-state index in [2.05, 4.69) is 0 Å². The van der Waals surface area contributed by atoms with Gasteiger partial charge in [0.1, 0.15) is 6.10 Å². The minimum absolute atomic E-state index is 0.0654. The molecule has 2 bridgehead atoms. The van der Waals surface area contributed by atoms with Crippen LogP contribution in [-0.2, 0) is 19.1 Å². The van der Waals surface area contributed by atoms with Crippen molar-refractivity contribution in [2.75, 3.05) is 6.61 Å². The molecule has 4 nitrogen and oxygen atoms in total. The molecule has 4 heteroatoms. The number of carbonyl (C=O) groups is 2. The van der Waals surface area contributed by atoms with E-state index in [-0.39, 0.29) is 29.9 Å². The van der Waals surface area contributed by atoms with Crippen molar-refractivity contribution in [1.29, 1.82) is 0 Å². The molecule has 116 valence electrons. The number of rotatable bonds is 2. The number of ketones is 1. The highest BCUT2D eigenvalue weighted by atomic mass is 16.5. The SMILES string of the molecule is CCO[C@H]1CCC2=C[C@H](OC2=O)C(C)(C)/C=C\C(=O)[C@H]1C. The average molecular weight is 292 g/mol. The molecule has 0 N–H and O–H groups in total. The van der Waals surface area contributed by atoms with Gasteiger partial charge in [0.25, 0.3) is 0 Å². The smallest absolute Gasteiger partial charge is 0.334 e. The first kappa shape index (κ1) is 16.0. The Bertz CT molecular complexity index is 487. The molecule has 0 saturated carbocycles. The van der Waals surface area contributed by atoms with Gasteiger partial charge in [0, 0.05) is 23.5 Å². The summed E-state index contributed by atoms with van der Waals surface area (Å²) in [7, 11) is 0. The summed E-state index contributed by atoms with van der Waals surface area (Å²) >= 11 is 0. The zero-order chi connectivity index (χ0) is 15.6. The number of hydrogen-bond acceptors (Lipinski definition) is 4. The van der Waals surface area contributed by atoms with Crippen LogP contribution in [0.3, 0.4) is 0 Å². The van der Waals surface area contributed by atoms with Gasteiger partial charge in [-0.25, -0.2) is 4.79 Å². The Kier molecular flexibility index (Phi) is 4.67. The number of esters is 1. The van der Waals surface area contributed by atoms with Crippen LogP contribution in [0.1, 0.15) is 40.5 Å². The van der Waals surface area contributed by atoms with E-state index >= 15 is 0 Å². The van der Waals surface area contributed by atoms with E-state index in [1.165, 1.54) is 0 Å². The molecule has 21 heavy (non-hydrogen) atoms. The Morgan fingerprint density at radius 3 is 2.76 bits per heavy atom. The second-order valence-electron chi connectivity index (χ2n) is 6.40. The van der Waals surface area contributed by atoms with Crippen LogP contribution in [0.25, 0.3) is 0 Å². The lowest BCUT2D eigenvalue weighted by atomic mass is 9.85. The van der Waals surface area contributed by atoms with E-state index in [0.717, 1.165) is 0 Å². The minimum atomic E-state index is -0.391. The van der Waals surface area contributed by atoms with E-state index in [9.17, 15) is 9.59 Å². The van der Waals surface area contributed by atoms with Crippen molar-refractivity contribution in [1.82, 2.24) is 0 Å². The maximum atomic E-state index is 12.3. The topological polar surface area (TPSA) is 52.6 Å². The summed E-state index contributed by atoms with van der Waals surface area (Å²) in [6.07, 6.45) is 6.13. The molecule has 1 heterocycles. The number of allylic oxidation sites excluding steroid dienone is 1. The molecule has 2 aliphatic rings. The molecular weight excluding hydrogens is 268 g/mol. The van der Waals surface area contributed by atoms with Crippen molar-refractivity contribution < 1.29 is 19.1 Å². The lowest BCUT2D eigenvalue weighted by Gasteiger charge is -2.26. The lowest BCUT2D eigenvalue weighted by Crippen LogP contribution is -2.30. The highest BCUT2D eigenvalue weighted by Crippen LogP contribution is 2.34. The third-order valence-corrected chi connectivity index (χ3v) is 4.34. The van der Waals surface area contributed by atoms with Gasteiger partial charge in [-0.15, -0.1) is 0 Å². The van der Waals surface area contributed by atoms with E-state index in [1.807, 2.05) is 39.8 Å². The molecule has 0 fully saturated rings. The highest BCUT2D eigenvalue weighted by molar-refractivity contribution is 5.93. The number of ether oxygens (including phenoxy) is 2. The van der Waals surface area contributed by atoms with Crippen LogP contribution >= 0.6 is 0 Å². The van der Waals surface area contributed by atoms with Crippen LogP contribution in [0.15, 0.2) is 23.8 Å². The summed E-state index contributed by atoms with van der Waals surface area (Å²) in [5.41, 5.74) is 0.311. The molecule has 0 unspecified atom stereocenters. The van der Waals surface area contributed by atoms with E-state index in [4.69, 9.17) is 9.47 Å². The molecule has 0 aromatic heterocycles. The van der Waals surface area contributed by atoms with Crippen molar-refractivity contribution in [3.05, 3.63) is 23.8 Å². The Morgan fingerprint density at radius 1 is 1.38 bits per heavy atom. The van der Waals surface area contributed by atoms with Gasteiger partial charge < -0.3 is 9.47 Å². The van der Waals surface area contributed by atoms with Crippen molar-refractivity contribution in [2.24, 2.45) is 11.3 Å². The summed E-state index contributed by atoms with van der Waals surface area (Å²) in [6.45, 7) is 8.31. The van der Waals surface area contributed by atoms with Crippen molar-refractivity contribution in [2.45, 2.75) is 52.7 Å². The molecule has 0 amide bonds. The van der Waals surface area contributed by atoms with Crippen molar-refractivity contribution in [3.8, 4) is 0 Å². The Labute approximate surface area is 126 Å². The predicted octanol–water partition coefficient (Wildman–Crippen LogP) is 2.82. The van der Waals surface area contributed by atoms with Gasteiger partial charge in [-0.1, -0.05) is 26.8 Å². The van der Waals surface area contributed by atoms with E-state index < -0.39 is 5.41 Å². The summed E-state index contributed by atoms with van der Waals surface area (Å²) in [6, 6.07) is 0. The van der Waals surface area contributed by atoms with Crippen LogP contribution in [0.4, 0.5) is 0 Å². The lowest BCUT2D eigenvalue weighted by molar-refractivity contribution is -0.142. The largest absolute Gasteiger partial charge is 0.454 e. The van der Waals surface area contributed by atoms with Gasteiger partial charge in [0.2, 0.25) is 0 Å². The fourth-order valence-corrected chi connectivity index (χ4v) is 2.74. The summed E-state index contributed by atoms with van der Waals surface area (Å²) in [5, 5.41) is 0. The minimum Gasteiger partial charge on any atom is -0.454 e. The molecule has 0 radical (unpaired) electrons. The maximum absolute atomic E-state index is 12.3. The zero-order valence-electron chi connectivity index (χ0n) is 13.2. The predicted molar refractivity (Wildman–Crippen MR) is 79.7 cm³/mol. The first-order chi connectivity index (χ1) is 9.85. The molecular formula is C17H24O4. The summed E-state index contributed by atoms with van der Waals surface area (Å²) in [4.78, 5) is 24.2. The fourth-order valence-electron chi connectivity index (χ4n) is 2.74. The van der Waals surface area contributed by atoms with Gasteiger partial charge in [-0.05, 0) is 31.9 Å². The molecule has 3 atom stereocenters. The normalized spacial score (nSPS) is 33.9. The van der Waals surface area contributed by atoms with E-state index in [0.29, 0.717) is 25.0 Å². The number of carbonyl (C=O) groups excluding carboxylic acids is 2. The molecule has 0 saturated heterocycles. The molecule has 1 aliphatic carbocycles. The van der Waals surface area contributed by atoms with Gasteiger partial charge >= 0.3 is 5.97 Å². The van der Waals surface area contributed by atoms with Gasteiger partial charge in [0.15, 0.2) is 5.78 Å². The first-order valence-corrected chi connectivity index (χ1v) is 7.61.